The lowest BCUT2D eigenvalue weighted by Crippen LogP contribution is -2.05. The molecule has 2 heterocycles. The predicted molar refractivity (Wildman–Crippen MR) is 115 cm³/mol. The number of nitrogens with zero attached hydrogens (tertiary/aromatic N) is 4. The van der Waals surface area contributed by atoms with Gasteiger partial charge in [0.2, 0.25) is 0 Å². The molecule has 2 aromatic heterocycles. The Hall–Kier alpha value is -3.31. The maximum atomic E-state index is 4.57. The molecule has 0 unspecified atom stereocenters. The number of rotatable bonds is 3. The molecule has 28 heavy (non-hydrogen) atoms. The van der Waals surface area contributed by atoms with Gasteiger partial charge in [-0.25, -0.2) is 14.6 Å². The summed E-state index contributed by atoms with van der Waals surface area (Å²) in [5.41, 5.74) is 9.67. The molecule has 0 fully saturated rings. The maximum Gasteiger partial charge on any atom is 0.165 e. The summed E-state index contributed by atoms with van der Waals surface area (Å²) >= 11 is 1.64. The van der Waals surface area contributed by atoms with E-state index in [1.807, 2.05) is 22.3 Å². The van der Waals surface area contributed by atoms with Gasteiger partial charge in [0.05, 0.1) is 21.4 Å². The molecule has 0 aliphatic rings. The molecule has 3 aromatic carbocycles. The highest BCUT2D eigenvalue weighted by Gasteiger charge is 2.17. The Labute approximate surface area is 167 Å². The summed E-state index contributed by atoms with van der Waals surface area (Å²) in [4.78, 5) is 9.12. The average molecular weight is 382 g/mol. The lowest BCUT2D eigenvalue weighted by atomic mass is 9.99. The molecule has 136 valence electrons. The minimum absolute atomic E-state index is 0.815. The van der Waals surface area contributed by atoms with Gasteiger partial charge in [-0.15, -0.1) is 11.3 Å². The van der Waals surface area contributed by atoms with E-state index in [0.29, 0.717) is 0 Å². The van der Waals surface area contributed by atoms with E-state index in [1.165, 1.54) is 11.1 Å². The van der Waals surface area contributed by atoms with Crippen molar-refractivity contribution < 1.29 is 0 Å². The molecule has 4 nitrogen and oxygen atoms in total. The predicted octanol–water partition coefficient (Wildman–Crippen LogP) is 5.83. The van der Waals surface area contributed by atoms with E-state index in [9.17, 15) is 0 Å². The van der Waals surface area contributed by atoms with Gasteiger partial charge in [-0.05, 0) is 60.4 Å². The Morgan fingerprint density at radius 3 is 2.39 bits per heavy atom. The van der Waals surface area contributed by atoms with Crippen molar-refractivity contribution in [3.05, 3.63) is 83.6 Å². The average Bonchev–Trinajstić information content (AvgIpc) is 3.37. The fourth-order valence-electron chi connectivity index (χ4n) is 3.74. The second-order valence-electron chi connectivity index (χ2n) is 6.82. The van der Waals surface area contributed by atoms with Gasteiger partial charge >= 0.3 is 0 Å². The Morgan fingerprint density at radius 1 is 0.821 bits per heavy atom. The number of aryl methyl sites for hydroxylation is 2. The summed E-state index contributed by atoms with van der Waals surface area (Å²) in [5, 5.41) is 4.56. The van der Waals surface area contributed by atoms with Gasteiger partial charge < -0.3 is 0 Å². The van der Waals surface area contributed by atoms with Crippen LogP contribution < -0.4 is 0 Å². The highest BCUT2D eigenvalue weighted by atomic mass is 32.1. The zero-order valence-electron chi connectivity index (χ0n) is 15.6. The molecular weight excluding hydrogens is 364 g/mol. The molecule has 0 saturated carbocycles. The number of fused-ring (bicyclic) bond motifs is 1. The van der Waals surface area contributed by atoms with Gasteiger partial charge in [-0.2, -0.15) is 5.10 Å². The molecule has 5 rings (SSSR count). The summed E-state index contributed by atoms with van der Waals surface area (Å²) in [6.45, 7) is 4.26. The number of hydrogen-bond donors (Lipinski definition) is 0. The molecule has 0 spiro atoms. The molecule has 0 saturated heterocycles. The fourth-order valence-corrected chi connectivity index (χ4v) is 4.45. The smallest absolute Gasteiger partial charge is 0.165 e. The van der Waals surface area contributed by atoms with Crippen LogP contribution in [0.5, 0.6) is 0 Å². The summed E-state index contributed by atoms with van der Waals surface area (Å²) < 4.78 is 3.09. The van der Waals surface area contributed by atoms with Crippen molar-refractivity contribution in [3.63, 3.8) is 0 Å². The molecule has 0 aliphatic heterocycles. The topological polar surface area (TPSA) is 43.6 Å². The van der Waals surface area contributed by atoms with E-state index >= 15 is 0 Å². The van der Waals surface area contributed by atoms with Gasteiger partial charge in [0, 0.05) is 5.56 Å². The van der Waals surface area contributed by atoms with Crippen LogP contribution in [-0.2, 0) is 0 Å². The van der Waals surface area contributed by atoms with Gasteiger partial charge in [0.15, 0.2) is 5.82 Å². The first kappa shape index (κ1) is 16.8. The minimum Gasteiger partial charge on any atom is -0.244 e. The molecule has 0 bridgehead atoms. The van der Waals surface area contributed by atoms with Crippen LogP contribution >= 0.6 is 11.3 Å². The van der Waals surface area contributed by atoms with E-state index < -0.39 is 0 Å². The van der Waals surface area contributed by atoms with Crippen molar-refractivity contribution in [1.82, 2.24) is 19.7 Å². The summed E-state index contributed by atoms with van der Waals surface area (Å²) in [7, 11) is 0. The molecule has 0 amide bonds. The summed E-state index contributed by atoms with van der Waals surface area (Å²) in [5.74, 6) is 0.815. The number of benzene rings is 3. The Morgan fingerprint density at radius 2 is 1.61 bits per heavy atom. The van der Waals surface area contributed by atoms with Crippen LogP contribution in [0.2, 0.25) is 0 Å². The minimum atomic E-state index is 0.815. The van der Waals surface area contributed by atoms with Gasteiger partial charge in [0.25, 0.3) is 0 Å². The zero-order valence-corrected chi connectivity index (χ0v) is 16.4. The second kappa shape index (κ2) is 6.69. The molecule has 0 aliphatic carbocycles. The molecule has 0 atom stereocenters. The Bertz CT molecular complexity index is 1260. The first-order chi connectivity index (χ1) is 13.7. The first-order valence-electron chi connectivity index (χ1n) is 9.12. The Balaban J connectivity index is 1.68. The molecule has 5 aromatic rings. The summed E-state index contributed by atoms with van der Waals surface area (Å²) in [6, 6.07) is 21.1. The third-order valence-corrected chi connectivity index (χ3v) is 5.75. The molecular formula is C23H18N4S. The van der Waals surface area contributed by atoms with Crippen LogP contribution in [0.15, 0.2) is 72.5 Å². The number of aromatic nitrogens is 4. The number of hydrogen-bond acceptors (Lipinski definition) is 4. The monoisotopic (exact) mass is 382 g/mol. The third-order valence-electron chi connectivity index (χ3n) is 4.96. The van der Waals surface area contributed by atoms with Crippen molar-refractivity contribution in [3.8, 4) is 28.2 Å². The SMILES string of the molecule is Cc1cc(-c2ccccc2)cc(C)c1-n1ncnc1-c1cccc2scnc12. The quantitative estimate of drug-likeness (QED) is 0.394. The lowest BCUT2D eigenvalue weighted by molar-refractivity contribution is 0.872. The maximum absolute atomic E-state index is 4.57. The van der Waals surface area contributed by atoms with Crippen LogP contribution in [0.3, 0.4) is 0 Å². The van der Waals surface area contributed by atoms with Crippen molar-refractivity contribution in [2.75, 3.05) is 0 Å². The van der Waals surface area contributed by atoms with E-state index in [0.717, 1.165) is 38.4 Å². The third kappa shape index (κ3) is 2.72. The highest BCUT2D eigenvalue weighted by Crippen LogP contribution is 2.32. The van der Waals surface area contributed by atoms with Crippen LogP contribution in [0, 0.1) is 13.8 Å². The van der Waals surface area contributed by atoms with Crippen LogP contribution in [-0.4, -0.2) is 19.7 Å². The van der Waals surface area contributed by atoms with Gasteiger partial charge in [-0.1, -0.05) is 36.4 Å². The standard InChI is InChI=1S/C23H18N4S/c1-15-11-18(17-7-4-3-5-8-17)12-16(2)22(15)27-23(24-13-26-27)19-9-6-10-20-21(19)25-14-28-20/h3-14H,1-2H3. The van der Waals surface area contributed by atoms with Gasteiger partial charge in [0.1, 0.15) is 6.33 Å². The van der Waals surface area contributed by atoms with Crippen LogP contribution in [0.4, 0.5) is 0 Å². The number of thiazole rings is 1. The number of para-hydroxylation sites is 1. The van der Waals surface area contributed by atoms with E-state index in [4.69, 9.17) is 0 Å². The van der Waals surface area contributed by atoms with E-state index in [2.05, 4.69) is 77.4 Å². The molecule has 5 heteroatoms. The van der Waals surface area contributed by atoms with Crippen LogP contribution in [0.25, 0.3) is 38.4 Å². The highest BCUT2D eigenvalue weighted by molar-refractivity contribution is 7.16. The molecule has 0 radical (unpaired) electrons. The zero-order chi connectivity index (χ0) is 19.1. The summed E-state index contributed by atoms with van der Waals surface area (Å²) in [6.07, 6.45) is 1.62. The van der Waals surface area contributed by atoms with Crippen molar-refractivity contribution in [1.29, 1.82) is 0 Å². The van der Waals surface area contributed by atoms with E-state index in [-0.39, 0.29) is 0 Å². The normalized spacial score (nSPS) is 11.2. The molecule has 0 N–H and O–H groups in total. The Kier molecular flexibility index (Phi) is 4.02. The first-order valence-corrected chi connectivity index (χ1v) is 10.00. The van der Waals surface area contributed by atoms with Crippen LogP contribution in [0.1, 0.15) is 11.1 Å². The largest absolute Gasteiger partial charge is 0.244 e. The lowest BCUT2D eigenvalue weighted by Gasteiger charge is -2.15. The second-order valence-corrected chi connectivity index (χ2v) is 7.71. The van der Waals surface area contributed by atoms with Crippen molar-refractivity contribution in [2.45, 2.75) is 13.8 Å². The van der Waals surface area contributed by atoms with Crippen molar-refractivity contribution >= 4 is 21.6 Å². The fraction of sp³-hybridized carbons (Fsp3) is 0.0870. The van der Waals surface area contributed by atoms with E-state index in [1.54, 1.807) is 17.7 Å². The van der Waals surface area contributed by atoms with Crippen molar-refractivity contribution in [2.24, 2.45) is 0 Å². The van der Waals surface area contributed by atoms with Gasteiger partial charge in [-0.3, -0.25) is 0 Å².